The van der Waals surface area contributed by atoms with Crippen molar-refractivity contribution in [3.63, 3.8) is 0 Å². The number of carbonyl (C=O) groups excluding carboxylic acids is 1. The Kier molecular flexibility index (Phi) is 4.62. The number of hydrogen-bond acceptors (Lipinski definition) is 5. The number of nitrogen functional groups attached to an aromatic ring is 1. The van der Waals surface area contributed by atoms with Crippen LogP contribution < -0.4 is 11.2 Å². The number of nitrogens with one attached hydrogen (secondary N) is 1. The Morgan fingerprint density at radius 2 is 2.10 bits per heavy atom. The van der Waals surface area contributed by atoms with Crippen LogP contribution in [0.1, 0.15) is 17.0 Å². The van der Waals surface area contributed by atoms with Crippen molar-refractivity contribution in [2.24, 2.45) is 0 Å². The van der Waals surface area contributed by atoms with Crippen LogP contribution in [0.25, 0.3) is 0 Å². The lowest BCUT2D eigenvalue weighted by atomic mass is 10.1. The molecule has 20 heavy (non-hydrogen) atoms. The number of amides is 1. The third-order valence-corrected chi connectivity index (χ3v) is 3.85. The fourth-order valence-electron chi connectivity index (χ4n) is 1.63. The molecule has 1 heterocycles. The molecule has 1 amide bonds. The fraction of sp³-hybridized carbons (Fsp3) is 0.308. The summed E-state index contributed by atoms with van der Waals surface area (Å²) in [4.78, 5) is 11.8. The molecule has 0 aliphatic heterocycles. The topological polar surface area (TPSA) is 85.8 Å². The Balaban J connectivity index is 1.82. The summed E-state index contributed by atoms with van der Waals surface area (Å²) in [5.41, 5.74) is 2.28. The number of carbonyl (C=O) groups is 1. The molecule has 1 aromatic carbocycles. The van der Waals surface area contributed by atoms with Gasteiger partial charge in [0.1, 0.15) is 5.82 Å². The van der Waals surface area contributed by atoms with E-state index in [4.69, 9.17) is 5.84 Å². The van der Waals surface area contributed by atoms with Crippen LogP contribution in [0.3, 0.4) is 0 Å². The van der Waals surface area contributed by atoms with E-state index in [2.05, 4.69) is 15.5 Å². The van der Waals surface area contributed by atoms with Gasteiger partial charge in [0.2, 0.25) is 11.1 Å². The molecule has 0 atom stereocenters. The molecule has 2 rings (SSSR count). The molecule has 0 saturated carbocycles. The molecule has 3 N–H and O–H groups in total. The Bertz CT molecular complexity index is 611. The molecule has 0 bridgehead atoms. The van der Waals surface area contributed by atoms with Crippen molar-refractivity contribution in [2.75, 3.05) is 11.6 Å². The van der Waals surface area contributed by atoms with Crippen molar-refractivity contribution >= 4 is 17.7 Å². The van der Waals surface area contributed by atoms with Gasteiger partial charge in [0.15, 0.2) is 0 Å². The number of thioether (sulfide) groups is 1. The first kappa shape index (κ1) is 14.4. The summed E-state index contributed by atoms with van der Waals surface area (Å²) in [7, 11) is 0. The minimum atomic E-state index is -0.0566. The van der Waals surface area contributed by atoms with Gasteiger partial charge in [-0.2, -0.15) is 0 Å². The highest BCUT2D eigenvalue weighted by Crippen LogP contribution is 2.13. The lowest BCUT2D eigenvalue weighted by molar-refractivity contribution is -0.118. The third-order valence-electron chi connectivity index (χ3n) is 2.90. The van der Waals surface area contributed by atoms with Gasteiger partial charge < -0.3 is 11.2 Å². The Morgan fingerprint density at radius 3 is 2.75 bits per heavy atom. The van der Waals surface area contributed by atoms with Gasteiger partial charge in [0.25, 0.3) is 0 Å². The number of nitrogens with two attached hydrogens (primary N) is 1. The van der Waals surface area contributed by atoms with Crippen LogP contribution in [-0.2, 0) is 11.3 Å². The van der Waals surface area contributed by atoms with Crippen LogP contribution in [-0.4, -0.2) is 26.5 Å². The van der Waals surface area contributed by atoms with Crippen molar-refractivity contribution in [2.45, 2.75) is 25.5 Å². The zero-order valence-corrected chi connectivity index (χ0v) is 12.3. The van der Waals surface area contributed by atoms with Gasteiger partial charge in [-0.1, -0.05) is 36.0 Å². The molecule has 2 aromatic rings. The molecule has 0 aliphatic carbocycles. The average Bonchev–Trinajstić information content (AvgIpc) is 2.76. The normalized spacial score (nSPS) is 10.5. The highest BCUT2D eigenvalue weighted by atomic mass is 32.2. The first-order valence-corrected chi connectivity index (χ1v) is 7.17. The monoisotopic (exact) mass is 291 g/mol. The summed E-state index contributed by atoms with van der Waals surface area (Å²) in [6.45, 7) is 4.31. The van der Waals surface area contributed by atoms with E-state index in [0.29, 0.717) is 17.5 Å². The zero-order valence-electron chi connectivity index (χ0n) is 11.5. The summed E-state index contributed by atoms with van der Waals surface area (Å²) in [6.07, 6.45) is 0. The predicted octanol–water partition coefficient (Wildman–Crippen LogP) is 1.02. The Hall–Kier alpha value is -2.02. The quantitative estimate of drug-likeness (QED) is 0.634. The van der Waals surface area contributed by atoms with Gasteiger partial charge in [0.05, 0.1) is 5.75 Å². The van der Waals surface area contributed by atoms with Crippen molar-refractivity contribution < 1.29 is 4.79 Å². The second-order valence-electron chi connectivity index (χ2n) is 4.39. The molecule has 0 saturated heterocycles. The van der Waals surface area contributed by atoms with Gasteiger partial charge in [-0.05, 0) is 25.0 Å². The molecule has 0 aliphatic rings. The highest BCUT2D eigenvalue weighted by molar-refractivity contribution is 7.99. The molecule has 106 valence electrons. The first-order chi connectivity index (χ1) is 9.58. The van der Waals surface area contributed by atoms with Gasteiger partial charge in [-0.25, -0.2) is 4.68 Å². The number of nitrogens with zero attached hydrogens (tertiary/aromatic N) is 3. The summed E-state index contributed by atoms with van der Waals surface area (Å²) in [6, 6.07) is 7.97. The molecular formula is C13H17N5OS. The number of hydrogen-bond donors (Lipinski definition) is 2. The predicted molar refractivity (Wildman–Crippen MR) is 78.7 cm³/mol. The smallest absolute Gasteiger partial charge is 0.230 e. The van der Waals surface area contributed by atoms with Gasteiger partial charge in [-0.15, -0.1) is 10.2 Å². The summed E-state index contributed by atoms with van der Waals surface area (Å²) in [5, 5.41) is 11.1. The lowest BCUT2D eigenvalue weighted by Gasteiger charge is -2.07. The number of aromatic nitrogens is 3. The van der Waals surface area contributed by atoms with Crippen molar-refractivity contribution in [1.29, 1.82) is 0 Å². The van der Waals surface area contributed by atoms with E-state index in [1.807, 2.05) is 31.2 Å². The van der Waals surface area contributed by atoms with E-state index in [9.17, 15) is 4.79 Å². The van der Waals surface area contributed by atoms with E-state index < -0.39 is 0 Å². The summed E-state index contributed by atoms with van der Waals surface area (Å²) in [5.74, 6) is 6.54. The maximum atomic E-state index is 11.8. The lowest BCUT2D eigenvalue weighted by Crippen LogP contribution is -2.25. The number of benzene rings is 1. The fourth-order valence-corrected chi connectivity index (χ4v) is 2.36. The number of rotatable bonds is 5. The minimum Gasteiger partial charge on any atom is -0.351 e. The Morgan fingerprint density at radius 1 is 1.35 bits per heavy atom. The van der Waals surface area contributed by atoms with E-state index in [0.717, 1.165) is 11.1 Å². The van der Waals surface area contributed by atoms with Crippen LogP contribution in [0, 0.1) is 13.8 Å². The second-order valence-corrected chi connectivity index (χ2v) is 5.33. The second kappa shape index (κ2) is 6.42. The summed E-state index contributed by atoms with van der Waals surface area (Å²) < 4.78 is 1.37. The Labute approximate surface area is 121 Å². The molecule has 0 spiro atoms. The molecule has 0 fully saturated rings. The molecule has 0 radical (unpaired) electrons. The molecule has 0 unspecified atom stereocenters. The van der Waals surface area contributed by atoms with Gasteiger partial charge in [-0.3, -0.25) is 4.79 Å². The summed E-state index contributed by atoms with van der Waals surface area (Å²) >= 11 is 1.27. The third kappa shape index (κ3) is 3.51. The molecule has 7 heteroatoms. The van der Waals surface area contributed by atoms with Crippen LogP contribution >= 0.6 is 11.8 Å². The van der Waals surface area contributed by atoms with E-state index in [1.165, 1.54) is 16.4 Å². The van der Waals surface area contributed by atoms with Crippen LogP contribution in [0.2, 0.25) is 0 Å². The average molecular weight is 291 g/mol. The van der Waals surface area contributed by atoms with E-state index in [-0.39, 0.29) is 11.7 Å². The number of aryl methyl sites for hydroxylation is 2. The zero-order chi connectivity index (χ0) is 14.5. The van der Waals surface area contributed by atoms with E-state index in [1.54, 1.807) is 6.92 Å². The molecule has 1 aromatic heterocycles. The van der Waals surface area contributed by atoms with Gasteiger partial charge >= 0.3 is 0 Å². The maximum Gasteiger partial charge on any atom is 0.230 e. The van der Waals surface area contributed by atoms with E-state index >= 15 is 0 Å². The highest BCUT2D eigenvalue weighted by Gasteiger charge is 2.09. The first-order valence-electron chi connectivity index (χ1n) is 6.19. The van der Waals surface area contributed by atoms with Crippen LogP contribution in [0.4, 0.5) is 0 Å². The van der Waals surface area contributed by atoms with Crippen LogP contribution in [0.15, 0.2) is 29.4 Å². The minimum absolute atomic E-state index is 0.0566. The van der Waals surface area contributed by atoms with Crippen molar-refractivity contribution in [3.8, 4) is 0 Å². The van der Waals surface area contributed by atoms with Gasteiger partial charge in [0, 0.05) is 6.54 Å². The van der Waals surface area contributed by atoms with Crippen molar-refractivity contribution in [3.05, 3.63) is 41.2 Å². The van der Waals surface area contributed by atoms with Crippen molar-refractivity contribution in [1.82, 2.24) is 20.2 Å². The SMILES string of the molecule is Cc1ccccc1CNC(=O)CSc1nnc(C)n1N. The van der Waals surface area contributed by atoms with Crippen LogP contribution in [0.5, 0.6) is 0 Å². The standard InChI is InChI=1S/C13H17N5OS/c1-9-5-3-4-6-11(9)7-15-12(19)8-20-13-17-16-10(2)18(13)14/h3-6H,7-8,14H2,1-2H3,(H,15,19). The molecular weight excluding hydrogens is 274 g/mol. The molecule has 6 nitrogen and oxygen atoms in total. The maximum absolute atomic E-state index is 11.8. The largest absolute Gasteiger partial charge is 0.351 e.